The molecule has 2 aromatic rings. The van der Waals surface area contributed by atoms with Crippen molar-refractivity contribution in [1.82, 2.24) is 4.98 Å². The lowest BCUT2D eigenvalue weighted by atomic mass is 10.2. The van der Waals surface area contributed by atoms with Crippen molar-refractivity contribution in [3.8, 4) is 11.3 Å². The molecule has 0 aliphatic heterocycles. The van der Waals surface area contributed by atoms with Crippen molar-refractivity contribution < 1.29 is 9.50 Å². The topological polar surface area (TPSA) is 33.1 Å². The predicted molar refractivity (Wildman–Crippen MR) is 63.7 cm³/mol. The van der Waals surface area contributed by atoms with Crippen LogP contribution in [0.4, 0.5) is 4.39 Å². The van der Waals surface area contributed by atoms with E-state index in [4.69, 9.17) is 5.11 Å². The maximum atomic E-state index is 13.4. The maximum Gasteiger partial charge on any atom is 0.138 e. The molecule has 2 nitrogen and oxygen atoms in total. The monoisotopic (exact) mass is 235 g/mol. The largest absolute Gasteiger partial charge is 0.392 e. The number of aromatic nitrogens is 1. The summed E-state index contributed by atoms with van der Waals surface area (Å²) < 4.78 is 13.4. The molecule has 1 N–H and O–H groups in total. The van der Waals surface area contributed by atoms with Crippen LogP contribution in [0.5, 0.6) is 0 Å². The molecule has 0 bridgehead atoms. The van der Waals surface area contributed by atoms with Crippen LogP contribution in [0.1, 0.15) is 4.88 Å². The zero-order valence-corrected chi connectivity index (χ0v) is 9.25. The summed E-state index contributed by atoms with van der Waals surface area (Å²) >= 11 is 1.30. The van der Waals surface area contributed by atoms with E-state index in [0.717, 1.165) is 17.3 Å². The molecule has 0 aliphatic rings. The van der Waals surface area contributed by atoms with E-state index in [1.165, 1.54) is 11.3 Å². The highest BCUT2D eigenvalue weighted by Crippen LogP contribution is 2.29. The van der Waals surface area contributed by atoms with Crippen LogP contribution >= 0.6 is 11.3 Å². The van der Waals surface area contributed by atoms with Gasteiger partial charge >= 0.3 is 0 Å². The first-order valence-electron chi connectivity index (χ1n) is 4.78. The SMILES string of the molecule is OC/C=C(\F)c1cc(-c2ccccn2)cs1. The number of thiophene rings is 1. The predicted octanol–water partition coefficient (Wildman–Crippen LogP) is 3.11. The second kappa shape index (κ2) is 5.01. The average Bonchev–Trinajstić information content (AvgIpc) is 2.80. The molecule has 4 heteroatoms. The van der Waals surface area contributed by atoms with Crippen LogP contribution in [-0.2, 0) is 0 Å². The zero-order chi connectivity index (χ0) is 11.4. The van der Waals surface area contributed by atoms with Crippen LogP contribution < -0.4 is 0 Å². The molecule has 0 radical (unpaired) electrons. The summed E-state index contributed by atoms with van der Waals surface area (Å²) in [5, 5.41) is 10.4. The Balaban J connectivity index is 2.30. The number of pyridine rings is 1. The van der Waals surface area contributed by atoms with E-state index in [9.17, 15) is 4.39 Å². The number of hydrogen-bond acceptors (Lipinski definition) is 3. The molecule has 0 atom stereocenters. The zero-order valence-electron chi connectivity index (χ0n) is 8.43. The van der Waals surface area contributed by atoms with Crippen molar-refractivity contribution in [3.63, 3.8) is 0 Å². The van der Waals surface area contributed by atoms with Crippen LogP contribution in [0.2, 0.25) is 0 Å². The second-order valence-electron chi connectivity index (χ2n) is 3.15. The van der Waals surface area contributed by atoms with E-state index in [0.29, 0.717) is 4.88 Å². The molecule has 16 heavy (non-hydrogen) atoms. The van der Waals surface area contributed by atoms with Gasteiger partial charge in [0.1, 0.15) is 5.83 Å². The number of hydrogen-bond donors (Lipinski definition) is 1. The first-order valence-corrected chi connectivity index (χ1v) is 5.66. The van der Waals surface area contributed by atoms with Gasteiger partial charge in [0.2, 0.25) is 0 Å². The third-order valence-electron chi connectivity index (χ3n) is 2.07. The maximum absolute atomic E-state index is 13.4. The Kier molecular flexibility index (Phi) is 3.44. The van der Waals surface area contributed by atoms with Gasteiger partial charge in [-0.05, 0) is 24.3 Å². The van der Waals surface area contributed by atoms with Crippen LogP contribution in [-0.4, -0.2) is 16.7 Å². The van der Waals surface area contributed by atoms with E-state index < -0.39 is 5.83 Å². The normalized spacial score (nSPS) is 11.8. The smallest absolute Gasteiger partial charge is 0.138 e. The highest BCUT2D eigenvalue weighted by molar-refractivity contribution is 7.11. The molecule has 2 rings (SSSR count). The number of aliphatic hydroxyl groups is 1. The molecule has 2 heterocycles. The molecule has 0 aromatic carbocycles. The van der Waals surface area contributed by atoms with Crippen molar-refractivity contribution in [2.75, 3.05) is 6.61 Å². The Morgan fingerprint density at radius 2 is 2.38 bits per heavy atom. The molecule has 0 unspecified atom stereocenters. The molecule has 82 valence electrons. The first kappa shape index (κ1) is 11.0. The van der Waals surface area contributed by atoms with E-state index in [-0.39, 0.29) is 6.61 Å². The lowest BCUT2D eigenvalue weighted by Gasteiger charge is -1.94. The van der Waals surface area contributed by atoms with Crippen LogP contribution in [0.3, 0.4) is 0 Å². The Hall–Kier alpha value is -1.52. The second-order valence-corrected chi connectivity index (χ2v) is 4.06. The Labute approximate surface area is 96.7 Å². The molecular weight excluding hydrogens is 225 g/mol. The van der Waals surface area contributed by atoms with Crippen LogP contribution in [0, 0.1) is 0 Å². The minimum atomic E-state index is -0.394. The lowest BCUT2D eigenvalue weighted by Crippen LogP contribution is -1.78. The molecule has 0 amide bonds. The van der Waals surface area contributed by atoms with Gasteiger partial charge in [0.25, 0.3) is 0 Å². The summed E-state index contributed by atoms with van der Waals surface area (Å²) in [5.41, 5.74) is 1.71. The quantitative estimate of drug-likeness (QED) is 0.886. The van der Waals surface area contributed by atoms with Crippen molar-refractivity contribution in [3.05, 3.63) is 46.8 Å². The van der Waals surface area contributed by atoms with Gasteiger partial charge < -0.3 is 5.11 Å². The summed E-state index contributed by atoms with van der Waals surface area (Å²) in [7, 11) is 0. The Morgan fingerprint density at radius 3 is 3.06 bits per heavy atom. The van der Waals surface area contributed by atoms with E-state index in [2.05, 4.69) is 4.98 Å². The third kappa shape index (κ3) is 2.35. The van der Waals surface area contributed by atoms with Crippen molar-refractivity contribution >= 4 is 17.2 Å². The van der Waals surface area contributed by atoms with Crippen molar-refractivity contribution in [1.29, 1.82) is 0 Å². The van der Waals surface area contributed by atoms with E-state index in [1.807, 2.05) is 23.6 Å². The lowest BCUT2D eigenvalue weighted by molar-refractivity contribution is 0.342. The van der Waals surface area contributed by atoms with Crippen LogP contribution in [0.15, 0.2) is 41.9 Å². The average molecular weight is 235 g/mol. The molecule has 2 aromatic heterocycles. The van der Waals surface area contributed by atoms with Crippen molar-refractivity contribution in [2.45, 2.75) is 0 Å². The molecule has 0 aliphatic carbocycles. The van der Waals surface area contributed by atoms with Gasteiger partial charge in [0, 0.05) is 17.1 Å². The van der Waals surface area contributed by atoms with Gasteiger partial charge in [-0.25, -0.2) is 4.39 Å². The van der Waals surface area contributed by atoms with Gasteiger partial charge in [0.05, 0.1) is 17.2 Å². The molecule has 0 saturated carbocycles. The molecule has 0 fully saturated rings. The van der Waals surface area contributed by atoms with E-state index in [1.54, 1.807) is 12.3 Å². The van der Waals surface area contributed by atoms with Gasteiger partial charge in [-0.3, -0.25) is 4.98 Å². The molecule has 0 spiro atoms. The minimum Gasteiger partial charge on any atom is -0.392 e. The molecule has 0 saturated heterocycles. The summed E-state index contributed by atoms with van der Waals surface area (Å²) in [4.78, 5) is 4.69. The van der Waals surface area contributed by atoms with Gasteiger partial charge in [-0.1, -0.05) is 6.07 Å². The van der Waals surface area contributed by atoms with Crippen LogP contribution in [0.25, 0.3) is 17.1 Å². The number of halogens is 1. The minimum absolute atomic E-state index is 0.289. The summed E-state index contributed by atoms with van der Waals surface area (Å²) in [6.45, 7) is -0.289. The summed E-state index contributed by atoms with van der Waals surface area (Å²) in [5.74, 6) is -0.394. The third-order valence-corrected chi connectivity index (χ3v) is 3.00. The number of rotatable bonds is 3. The number of aliphatic hydroxyl groups excluding tert-OH is 1. The van der Waals surface area contributed by atoms with Gasteiger partial charge in [-0.2, -0.15) is 0 Å². The fourth-order valence-electron chi connectivity index (χ4n) is 1.31. The summed E-state index contributed by atoms with van der Waals surface area (Å²) in [6, 6.07) is 7.33. The highest BCUT2D eigenvalue weighted by Gasteiger charge is 2.06. The van der Waals surface area contributed by atoms with Crippen molar-refractivity contribution in [2.24, 2.45) is 0 Å². The fraction of sp³-hybridized carbons (Fsp3) is 0.0833. The summed E-state index contributed by atoms with van der Waals surface area (Å²) in [6.07, 6.45) is 2.85. The van der Waals surface area contributed by atoms with Gasteiger partial charge in [0.15, 0.2) is 0 Å². The Bertz CT molecular complexity index is 493. The first-order chi connectivity index (χ1) is 7.81. The van der Waals surface area contributed by atoms with E-state index >= 15 is 0 Å². The Morgan fingerprint density at radius 1 is 1.50 bits per heavy atom. The standard InChI is InChI=1S/C12H10FNOS/c13-10(4-6-15)12-7-9(8-16-12)11-3-1-2-5-14-11/h1-5,7-8,15H,6H2/b10-4-. The highest BCUT2D eigenvalue weighted by atomic mass is 32.1. The van der Waals surface area contributed by atoms with Gasteiger partial charge in [-0.15, -0.1) is 11.3 Å². The molecular formula is C12H10FNOS. The number of nitrogens with zero attached hydrogens (tertiary/aromatic N) is 1. The fourth-order valence-corrected chi connectivity index (χ4v) is 2.14.